The molecule has 0 aliphatic heterocycles. The molecule has 6 nitrogen and oxygen atoms in total. The minimum Gasteiger partial charge on any atom is -0.462 e. The van der Waals surface area contributed by atoms with Crippen molar-refractivity contribution in [2.75, 3.05) is 13.2 Å². The van der Waals surface area contributed by atoms with Crippen molar-refractivity contribution in [2.24, 2.45) is 11.8 Å². The van der Waals surface area contributed by atoms with E-state index in [1.54, 1.807) is 0 Å². The van der Waals surface area contributed by atoms with Crippen LogP contribution >= 0.6 is 0 Å². The summed E-state index contributed by atoms with van der Waals surface area (Å²) in [4.78, 5) is 37.5. The molecule has 326 valence electrons. The van der Waals surface area contributed by atoms with Crippen LogP contribution in [0.25, 0.3) is 0 Å². The highest BCUT2D eigenvalue weighted by Gasteiger charge is 2.19. The fourth-order valence-corrected chi connectivity index (χ4v) is 7.22. The van der Waals surface area contributed by atoms with Gasteiger partial charge < -0.3 is 14.2 Å². The standard InChI is InChI=1S/C49H94O6/c1-6-9-10-27-36-41-49(52)55-46(43-54-48(51)40-35-31-26-22-18-17-20-24-29-33-38-45(5)8-3)42-53-47(50)39-34-30-25-21-16-14-12-11-13-15-19-23-28-32-37-44(4)7-2/h44-46H,6-43H2,1-5H3/t44?,45?,46-/m0/s1. The van der Waals surface area contributed by atoms with Crippen LogP contribution in [0.2, 0.25) is 0 Å². The molecule has 0 bridgehead atoms. The lowest BCUT2D eigenvalue weighted by Crippen LogP contribution is -2.30. The topological polar surface area (TPSA) is 78.9 Å². The molecule has 0 rings (SSSR count). The molecule has 0 aliphatic carbocycles. The summed E-state index contributed by atoms with van der Waals surface area (Å²) >= 11 is 0. The number of ether oxygens (including phenoxy) is 3. The Morgan fingerprint density at radius 3 is 0.945 bits per heavy atom. The van der Waals surface area contributed by atoms with Gasteiger partial charge in [-0.15, -0.1) is 0 Å². The van der Waals surface area contributed by atoms with Crippen LogP contribution in [0.4, 0.5) is 0 Å². The molecular formula is C49H94O6. The summed E-state index contributed by atoms with van der Waals surface area (Å²) in [7, 11) is 0. The second-order valence-corrected chi connectivity index (χ2v) is 17.2. The van der Waals surface area contributed by atoms with Crippen LogP contribution in [0.3, 0.4) is 0 Å². The van der Waals surface area contributed by atoms with Crippen LogP contribution in [0, 0.1) is 11.8 Å². The third-order valence-electron chi connectivity index (χ3n) is 11.7. The van der Waals surface area contributed by atoms with Gasteiger partial charge in [-0.2, -0.15) is 0 Å². The van der Waals surface area contributed by atoms with E-state index in [0.717, 1.165) is 76.0 Å². The third kappa shape index (κ3) is 40.4. The van der Waals surface area contributed by atoms with Gasteiger partial charge >= 0.3 is 17.9 Å². The number of unbranched alkanes of at least 4 members (excludes halogenated alkanes) is 26. The molecule has 6 heteroatoms. The number of rotatable bonds is 43. The summed E-state index contributed by atoms with van der Waals surface area (Å²) < 4.78 is 16.6. The molecule has 3 atom stereocenters. The van der Waals surface area contributed by atoms with Crippen molar-refractivity contribution in [2.45, 2.75) is 272 Å². The molecular weight excluding hydrogens is 685 g/mol. The van der Waals surface area contributed by atoms with Gasteiger partial charge in [0.2, 0.25) is 0 Å². The fourth-order valence-electron chi connectivity index (χ4n) is 7.22. The molecule has 0 N–H and O–H groups in total. The van der Waals surface area contributed by atoms with Gasteiger partial charge in [0.1, 0.15) is 13.2 Å². The molecule has 55 heavy (non-hydrogen) atoms. The fraction of sp³-hybridized carbons (Fsp3) is 0.939. The van der Waals surface area contributed by atoms with Crippen LogP contribution in [-0.2, 0) is 28.6 Å². The minimum absolute atomic E-state index is 0.0657. The zero-order chi connectivity index (χ0) is 40.5. The average Bonchev–Trinajstić information content (AvgIpc) is 3.18. The second kappa shape index (κ2) is 42.0. The zero-order valence-corrected chi connectivity index (χ0v) is 37.6. The van der Waals surface area contributed by atoms with Gasteiger partial charge in [0.15, 0.2) is 6.10 Å². The van der Waals surface area contributed by atoms with E-state index in [-0.39, 0.29) is 31.1 Å². The predicted molar refractivity (Wildman–Crippen MR) is 233 cm³/mol. The molecule has 0 aromatic heterocycles. The third-order valence-corrected chi connectivity index (χ3v) is 11.7. The Morgan fingerprint density at radius 1 is 0.364 bits per heavy atom. The van der Waals surface area contributed by atoms with Crippen molar-refractivity contribution in [3.8, 4) is 0 Å². The van der Waals surface area contributed by atoms with E-state index < -0.39 is 6.10 Å². The lowest BCUT2D eigenvalue weighted by molar-refractivity contribution is -0.167. The highest BCUT2D eigenvalue weighted by molar-refractivity contribution is 5.71. The highest BCUT2D eigenvalue weighted by Crippen LogP contribution is 2.18. The summed E-state index contributed by atoms with van der Waals surface area (Å²) in [5, 5.41) is 0. The summed E-state index contributed by atoms with van der Waals surface area (Å²) in [5.74, 6) is 0.898. The Kier molecular flexibility index (Phi) is 40.8. The number of hydrogen-bond donors (Lipinski definition) is 0. The van der Waals surface area contributed by atoms with Crippen LogP contribution in [0.1, 0.15) is 266 Å². The molecule has 0 amide bonds. The molecule has 2 unspecified atom stereocenters. The van der Waals surface area contributed by atoms with Crippen LogP contribution in [0.5, 0.6) is 0 Å². The number of esters is 3. The molecule has 0 heterocycles. The summed E-state index contributed by atoms with van der Waals surface area (Å²) in [6.45, 7) is 11.3. The molecule has 0 saturated carbocycles. The predicted octanol–water partition coefficient (Wildman–Crippen LogP) is 15.4. The Bertz CT molecular complexity index is 843. The van der Waals surface area contributed by atoms with Gasteiger partial charge in [0.05, 0.1) is 0 Å². The number of carbonyl (C=O) groups is 3. The van der Waals surface area contributed by atoms with E-state index in [1.165, 1.54) is 148 Å². The first-order valence-electron chi connectivity index (χ1n) is 24.3. The highest BCUT2D eigenvalue weighted by atomic mass is 16.6. The smallest absolute Gasteiger partial charge is 0.306 e. The molecule has 0 aromatic rings. The van der Waals surface area contributed by atoms with E-state index in [2.05, 4.69) is 34.6 Å². The lowest BCUT2D eigenvalue weighted by Gasteiger charge is -2.18. The van der Waals surface area contributed by atoms with Crippen molar-refractivity contribution >= 4 is 17.9 Å². The van der Waals surface area contributed by atoms with E-state index in [0.29, 0.717) is 19.3 Å². The van der Waals surface area contributed by atoms with Gasteiger partial charge in [-0.3, -0.25) is 14.4 Å². The van der Waals surface area contributed by atoms with Crippen LogP contribution in [0.15, 0.2) is 0 Å². The van der Waals surface area contributed by atoms with Crippen molar-refractivity contribution in [3.63, 3.8) is 0 Å². The van der Waals surface area contributed by atoms with Gasteiger partial charge in [-0.1, -0.05) is 227 Å². The van der Waals surface area contributed by atoms with Crippen LogP contribution < -0.4 is 0 Å². The monoisotopic (exact) mass is 779 g/mol. The summed E-state index contributed by atoms with van der Waals surface area (Å²) in [6, 6.07) is 0. The Hall–Kier alpha value is -1.59. The minimum atomic E-state index is -0.759. The Labute approximate surface area is 342 Å². The molecule has 0 aromatic carbocycles. The van der Waals surface area contributed by atoms with E-state index in [9.17, 15) is 14.4 Å². The first-order valence-corrected chi connectivity index (χ1v) is 24.3. The zero-order valence-electron chi connectivity index (χ0n) is 37.6. The number of carbonyl (C=O) groups excluding carboxylic acids is 3. The van der Waals surface area contributed by atoms with Gasteiger partial charge in [-0.25, -0.2) is 0 Å². The van der Waals surface area contributed by atoms with Crippen molar-refractivity contribution in [3.05, 3.63) is 0 Å². The maximum absolute atomic E-state index is 12.5. The van der Waals surface area contributed by atoms with Crippen molar-refractivity contribution in [1.29, 1.82) is 0 Å². The summed E-state index contributed by atoms with van der Waals surface area (Å²) in [5.41, 5.74) is 0. The van der Waals surface area contributed by atoms with Gasteiger partial charge in [0, 0.05) is 19.3 Å². The quantitative estimate of drug-likeness (QED) is 0.0348. The normalized spacial score (nSPS) is 13.0. The molecule has 0 fully saturated rings. The summed E-state index contributed by atoms with van der Waals surface area (Å²) in [6.07, 6.45) is 41.1. The molecule has 0 aliphatic rings. The average molecular weight is 779 g/mol. The first kappa shape index (κ1) is 53.4. The van der Waals surface area contributed by atoms with E-state index in [1.807, 2.05) is 0 Å². The first-order chi connectivity index (χ1) is 26.8. The van der Waals surface area contributed by atoms with E-state index >= 15 is 0 Å². The van der Waals surface area contributed by atoms with Gasteiger partial charge in [0.25, 0.3) is 0 Å². The maximum atomic E-state index is 12.5. The lowest BCUT2D eigenvalue weighted by atomic mass is 9.99. The Morgan fingerprint density at radius 2 is 0.636 bits per heavy atom. The van der Waals surface area contributed by atoms with Gasteiger partial charge in [-0.05, 0) is 31.1 Å². The van der Waals surface area contributed by atoms with Crippen LogP contribution in [-0.4, -0.2) is 37.2 Å². The Balaban J connectivity index is 4.10. The molecule has 0 radical (unpaired) electrons. The molecule has 0 saturated heterocycles. The maximum Gasteiger partial charge on any atom is 0.306 e. The SMILES string of the molecule is CCCCCCCC(=O)O[C@@H](COC(=O)CCCCCCCCCCCCCCCCC(C)CC)COC(=O)CCCCCCCCCCCCC(C)CC. The largest absolute Gasteiger partial charge is 0.462 e. The number of hydrogen-bond acceptors (Lipinski definition) is 6. The van der Waals surface area contributed by atoms with Crippen molar-refractivity contribution in [1.82, 2.24) is 0 Å². The van der Waals surface area contributed by atoms with E-state index in [4.69, 9.17) is 14.2 Å². The second-order valence-electron chi connectivity index (χ2n) is 17.2. The van der Waals surface area contributed by atoms with Crippen molar-refractivity contribution < 1.29 is 28.6 Å². The molecule has 0 spiro atoms.